The van der Waals surface area contributed by atoms with Crippen molar-refractivity contribution in [2.45, 2.75) is 51.0 Å². The summed E-state index contributed by atoms with van der Waals surface area (Å²) in [5.74, 6) is 1.63. The maximum absolute atomic E-state index is 13.6. The summed E-state index contributed by atoms with van der Waals surface area (Å²) >= 11 is 7.74. The fourth-order valence-electron chi connectivity index (χ4n) is 5.11. The van der Waals surface area contributed by atoms with Crippen molar-refractivity contribution in [1.29, 1.82) is 0 Å². The van der Waals surface area contributed by atoms with E-state index in [0.29, 0.717) is 24.1 Å². The molecule has 2 heterocycles. The van der Waals surface area contributed by atoms with E-state index in [1.165, 1.54) is 23.3 Å². The van der Waals surface area contributed by atoms with Crippen LogP contribution < -0.4 is 4.74 Å². The zero-order chi connectivity index (χ0) is 22.8. The number of ether oxygens (including phenoxy) is 1. The lowest BCUT2D eigenvalue weighted by atomic mass is 10.00. The molecular formula is C26H31ClN2O3S. The van der Waals surface area contributed by atoms with Crippen molar-refractivity contribution >= 4 is 34.8 Å². The van der Waals surface area contributed by atoms with Gasteiger partial charge in [0.25, 0.3) is 0 Å². The molecule has 176 valence electrons. The van der Waals surface area contributed by atoms with Crippen molar-refractivity contribution < 1.29 is 14.3 Å². The van der Waals surface area contributed by atoms with Crippen LogP contribution in [0.25, 0.3) is 0 Å². The summed E-state index contributed by atoms with van der Waals surface area (Å²) in [7, 11) is 0. The lowest BCUT2D eigenvalue weighted by Gasteiger charge is -2.37. The minimum atomic E-state index is -0.146. The Kier molecular flexibility index (Phi) is 6.93. The van der Waals surface area contributed by atoms with Crippen LogP contribution in [0.3, 0.4) is 0 Å². The second-order valence-corrected chi connectivity index (χ2v) is 11.0. The van der Waals surface area contributed by atoms with E-state index in [9.17, 15) is 9.59 Å². The van der Waals surface area contributed by atoms with Crippen LogP contribution in [0.4, 0.5) is 0 Å². The Labute approximate surface area is 204 Å². The lowest BCUT2D eigenvalue weighted by molar-refractivity contribution is -0.145. The first kappa shape index (κ1) is 22.7. The summed E-state index contributed by atoms with van der Waals surface area (Å²) in [4.78, 5) is 31.9. The Bertz CT molecular complexity index is 982. The van der Waals surface area contributed by atoms with E-state index in [0.717, 1.165) is 44.4 Å². The molecule has 1 aromatic carbocycles. The van der Waals surface area contributed by atoms with Crippen molar-refractivity contribution in [3.8, 4) is 5.75 Å². The van der Waals surface area contributed by atoms with Crippen molar-refractivity contribution in [2.24, 2.45) is 11.8 Å². The number of nitrogens with zero attached hydrogens (tertiary/aromatic N) is 2. The summed E-state index contributed by atoms with van der Waals surface area (Å²) in [5.41, 5.74) is 1.17. The molecule has 2 saturated carbocycles. The van der Waals surface area contributed by atoms with Gasteiger partial charge in [0.1, 0.15) is 12.4 Å². The minimum Gasteiger partial charge on any atom is -0.491 e. The monoisotopic (exact) mass is 486 g/mol. The molecule has 1 aliphatic heterocycles. The van der Waals surface area contributed by atoms with E-state index in [-0.39, 0.29) is 30.3 Å². The molecule has 3 aliphatic rings. The van der Waals surface area contributed by atoms with Crippen molar-refractivity contribution in [3.63, 3.8) is 0 Å². The van der Waals surface area contributed by atoms with E-state index < -0.39 is 0 Å². The Morgan fingerprint density at radius 2 is 1.85 bits per heavy atom. The molecule has 5 nitrogen and oxygen atoms in total. The van der Waals surface area contributed by atoms with Crippen molar-refractivity contribution in [3.05, 3.63) is 51.2 Å². The third-order valence-corrected chi connectivity index (χ3v) is 8.40. The SMILES string of the molecule is O=C(C1CCCC1)N(CC(=O)N1CCc2sccc2C1COc1ccc(Cl)cc1)CC1CC1. The molecule has 2 aromatic rings. The number of halogens is 1. The van der Waals surface area contributed by atoms with Crippen LogP contribution in [0.15, 0.2) is 35.7 Å². The van der Waals surface area contributed by atoms with Crippen LogP contribution in [-0.2, 0) is 16.0 Å². The summed E-state index contributed by atoms with van der Waals surface area (Å²) in [6.07, 6.45) is 7.37. The molecular weight excluding hydrogens is 456 g/mol. The number of hydrogen-bond acceptors (Lipinski definition) is 4. The Morgan fingerprint density at radius 3 is 2.58 bits per heavy atom. The van der Waals surface area contributed by atoms with Gasteiger partial charge in [0.2, 0.25) is 11.8 Å². The first-order chi connectivity index (χ1) is 16.1. The van der Waals surface area contributed by atoms with Gasteiger partial charge in [-0.3, -0.25) is 9.59 Å². The van der Waals surface area contributed by atoms with E-state index in [4.69, 9.17) is 16.3 Å². The molecule has 7 heteroatoms. The maximum atomic E-state index is 13.6. The molecule has 0 bridgehead atoms. The van der Waals surface area contributed by atoms with Gasteiger partial charge < -0.3 is 14.5 Å². The molecule has 1 unspecified atom stereocenters. The summed E-state index contributed by atoms with van der Waals surface area (Å²) in [6.45, 7) is 1.96. The number of benzene rings is 1. The molecule has 0 N–H and O–H groups in total. The largest absolute Gasteiger partial charge is 0.491 e. The van der Waals surface area contributed by atoms with Gasteiger partial charge in [-0.25, -0.2) is 0 Å². The molecule has 5 rings (SSSR count). The third-order valence-electron chi connectivity index (χ3n) is 7.15. The second kappa shape index (κ2) is 10.1. The predicted octanol–water partition coefficient (Wildman–Crippen LogP) is 5.34. The van der Waals surface area contributed by atoms with Crippen molar-refractivity contribution in [2.75, 3.05) is 26.2 Å². The topological polar surface area (TPSA) is 49.9 Å². The first-order valence-corrected chi connectivity index (χ1v) is 13.4. The van der Waals surface area contributed by atoms with Crippen LogP contribution >= 0.6 is 22.9 Å². The van der Waals surface area contributed by atoms with Gasteiger partial charge in [-0.15, -0.1) is 11.3 Å². The Balaban J connectivity index is 1.30. The number of rotatable bonds is 8. The van der Waals surface area contributed by atoms with E-state index in [1.807, 2.05) is 21.9 Å². The highest BCUT2D eigenvalue weighted by molar-refractivity contribution is 7.10. The van der Waals surface area contributed by atoms with Crippen LogP contribution in [0.1, 0.15) is 55.0 Å². The number of amides is 2. The first-order valence-electron chi connectivity index (χ1n) is 12.1. The van der Waals surface area contributed by atoms with Crippen LogP contribution in [0, 0.1) is 11.8 Å². The third kappa shape index (κ3) is 5.38. The fourth-order valence-corrected chi connectivity index (χ4v) is 6.16. The highest BCUT2D eigenvalue weighted by atomic mass is 35.5. The smallest absolute Gasteiger partial charge is 0.242 e. The second-order valence-electron chi connectivity index (χ2n) is 9.56. The van der Waals surface area contributed by atoms with Crippen LogP contribution in [-0.4, -0.2) is 47.9 Å². The standard InChI is InChI=1S/C26H31ClN2O3S/c27-20-7-9-21(10-8-20)32-17-23-22-12-14-33-24(22)11-13-29(23)25(30)16-28(15-18-5-6-18)26(31)19-3-1-2-4-19/h7-10,12,14,18-19,23H,1-6,11,13,15-17H2. The van der Waals surface area contributed by atoms with E-state index in [2.05, 4.69) is 11.4 Å². The lowest BCUT2D eigenvalue weighted by Crippen LogP contribution is -2.49. The van der Waals surface area contributed by atoms with Gasteiger partial charge in [-0.05, 0) is 79.3 Å². The molecule has 0 spiro atoms. The van der Waals surface area contributed by atoms with Gasteiger partial charge >= 0.3 is 0 Å². The van der Waals surface area contributed by atoms with Crippen LogP contribution in [0.5, 0.6) is 5.75 Å². The highest BCUT2D eigenvalue weighted by Crippen LogP contribution is 2.35. The fraction of sp³-hybridized carbons (Fsp3) is 0.538. The molecule has 33 heavy (non-hydrogen) atoms. The normalized spacial score (nSPS) is 20.5. The molecule has 2 fully saturated rings. The van der Waals surface area contributed by atoms with Crippen LogP contribution in [0.2, 0.25) is 5.02 Å². The van der Waals surface area contributed by atoms with Gasteiger partial charge in [-0.2, -0.15) is 0 Å². The molecule has 1 atom stereocenters. The zero-order valence-corrected chi connectivity index (χ0v) is 20.5. The average molecular weight is 487 g/mol. The van der Waals surface area contributed by atoms with E-state index in [1.54, 1.807) is 23.5 Å². The number of carbonyl (C=O) groups is 2. The number of thiophene rings is 1. The number of hydrogen-bond donors (Lipinski definition) is 0. The molecule has 0 radical (unpaired) electrons. The maximum Gasteiger partial charge on any atom is 0.242 e. The van der Waals surface area contributed by atoms with Gasteiger partial charge in [0.15, 0.2) is 0 Å². The predicted molar refractivity (Wildman–Crippen MR) is 131 cm³/mol. The van der Waals surface area contributed by atoms with Crippen molar-refractivity contribution in [1.82, 2.24) is 9.80 Å². The molecule has 1 aromatic heterocycles. The van der Waals surface area contributed by atoms with Gasteiger partial charge in [-0.1, -0.05) is 24.4 Å². The van der Waals surface area contributed by atoms with Gasteiger partial charge in [0.05, 0.1) is 12.6 Å². The summed E-state index contributed by atoms with van der Waals surface area (Å²) in [6, 6.07) is 9.28. The zero-order valence-electron chi connectivity index (χ0n) is 18.9. The molecule has 2 amide bonds. The minimum absolute atomic E-state index is 0.0311. The Hall–Kier alpha value is -2.05. The quantitative estimate of drug-likeness (QED) is 0.506. The molecule has 2 aliphatic carbocycles. The average Bonchev–Trinajstić information content (AvgIpc) is 3.27. The molecule has 0 saturated heterocycles. The Morgan fingerprint density at radius 1 is 1.09 bits per heavy atom. The summed E-state index contributed by atoms with van der Waals surface area (Å²) in [5, 5.41) is 2.76. The van der Waals surface area contributed by atoms with E-state index >= 15 is 0 Å². The number of fused-ring (bicyclic) bond motifs is 1. The van der Waals surface area contributed by atoms with Gasteiger partial charge in [0, 0.05) is 28.9 Å². The summed E-state index contributed by atoms with van der Waals surface area (Å²) < 4.78 is 6.09. The number of carbonyl (C=O) groups excluding carboxylic acids is 2. The highest BCUT2D eigenvalue weighted by Gasteiger charge is 2.36.